The molecule has 108 valence electrons. The van der Waals surface area contributed by atoms with E-state index in [1.54, 1.807) is 13.3 Å². The summed E-state index contributed by atoms with van der Waals surface area (Å²) in [5.74, 6) is 0. The number of rotatable bonds is 11. The summed E-state index contributed by atoms with van der Waals surface area (Å²) < 4.78 is 6.75. The Bertz CT molecular complexity index is 196. The Morgan fingerprint density at radius 1 is 0.778 bits per heavy atom. The molecular formula is C17H36Sn. The van der Waals surface area contributed by atoms with E-state index in [-0.39, 0.29) is 0 Å². The first kappa shape index (κ1) is 18.5. The summed E-state index contributed by atoms with van der Waals surface area (Å²) in [6.07, 6.45) is 12.4. The normalized spacial score (nSPS) is 13.1. The molecule has 0 N–H and O–H groups in total. The van der Waals surface area contributed by atoms with E-state index in [9.17, 15) is 0 Å². The summed E-state index contributed by atoms with van der Waals surface area (Å²) >= 11 is -1.97. The molecule has 0 heterocycles. The molecule has 0 unspecified atom stereocenters. The van der Waals surface area contributed by atoms with Gasteiger partial charge in [-0.1, -0.05) is 0 Å². The fraction of sp³-hybridized carbons (Fsp3) is 0.882. The van der Waals surface area contributed by atoms with Gasteiger partial charge in [0.15, 0.2) is 0 Å². The Morgan fingerprint density at radius 2 is 1.17 bits per heavy atom. The molecule has 0 aliphatic heterocycles. The van der Waals surface area contributed by atoms with Gasteiger partial charge < -0.3 is 0 Å². The SMILES string of the molecule is CC/C=[C](\C)[Sn]([CH2]CCC)([CH2]CCC)[CH2]CCC. The maximum atomic E-state index is 2.58. The van der Waals surface area contributed by atoms with E-state index in [4.69, 9.17) is 0 Å². The van der Waals surface area contributed by atoms with E-state index in [0.717, 1.165) is 0 Å². The van der Waals surface area contributed by atoms with Gasteiger partial charge >= 0.3 is 121 Å². The Kier molecular flexibility index (Phi) is 11.7. The second-order valence-corrected chi connectivity index (χ2v) is 19.7. The van der Waals surface area contributed by atoms with Crippen molar-refractivity contribution >= 4 is 18.4 Å². The van der Waals surface area contributed by atoms with Gasteiger partial charge in [-0.25, -0.2) is 0 Å². The van der Waals surface area contributed by atoms with Crippen LogP contribution < -0.4 is 0 Å². The fourth-order valence-electron chi connectivity index (χ4n) is 3.03. The molecule has 0 aliphatic rings. The third kappa shape index (κ3) is 6.63. The Morgan fingerprint density at radius 3 is 1.44 bits per heavy atom. The van der Waals surface area contributed by atoms with Crippen LogP contribution in [0.2, 0.25) is 13.3 Å². The van der Waals surface area contributed by atoms with Crippen molar-refractivity contribution in [2.45, 2.75) is 92.9 Å². The number of allylic oxidation sites excluding steroid dienone is 2. The van der Waals surface area contributed by atoms with Crippen molar-refractivity contribution in [3.8, 4) is 0 Å². The van der Waals surface area contributed by atoms with E-state index in [1.165, 1.54) is 44.9 Å². The van der Waals surface area contributed by atoms with Crippen molar-refractivity contribution in [2.24, 2.45) is 0 Å². The molecule has 0 spiro atoms. The standard InChI is InChI=1S/C5H9.3C4H9.Sn/c1-3-5-4-2;3*1-3-4-2;/h5H,3H2,1-2H3;3*1,3-4H2,2H3;. The molecule has 0 atom stereocenters. The molecule has 0 saturated heterocycles. The van der Waals surface area contributed by atoms with E-state index >= 15 is 0 Å². The second kappa shape index (κ2) is 11.4. The third-order valence-corrected chi connectivity index (χ3v) is 21.0. The van der Waals surface area contributed by atoms with Crippen LogP contribution >= 0.6 is 0 Å². The summed E-state index contributed by atoms with van der Waals surface area (Å²) in [7, 11) is 0. The van der Waals surface area contributed by atoms with E-state index in [0.29, 0.717) is 0 Å². The van der Waals surface area contributed by atoms with Crippen molar-refractivity contribution in [1.82, 2.24) is 0 Å². The summed E-state index contributed by atoms with van der Waals surface area (Å²) in [4.78, 5) is 0. The summed E-state index contributed by atoms with van der Waals surface area (Å²) in [5.41, 5.74) is 0. The monoisotopic (exact) mass is 360 g/mol. The summed E-state index contributed by atoms with van der Waals surface area (Å²) in [5, 5.41) is 0. The van der Waals surface area contributed by atoms with Crippen LogP contribution in [0, 0.1) is 0 Å². The Hall–Kier alpha value is 0.539. The average Bonchev–Trinajstić information content (AvgIpc) is 2.38. The van der Waals surface area contributed by atoms with Crippen molar-refractivity contribution in [3.05, 3.63) is 9.67 Å². The third-order valence-electron chi connectivity index (χ3n) is 4.37. The van der Waals surface area contributed by atoms with Crippen LogP contribution in [-0.4, -0.2) is 18.4 Å². The molecule has 0 nitrogen and oxygen atoms in total. The molecule has 18 heavy (non-hydrogen) atoms. The fourth-order valence-corrected chi connectivity index (χ4v) is 19.2. The van der Waals surface area contributed by atoms with Crippen LogP contribution in [0.4, 0.5) is 0 Å². The molecule has 0 saturated carbocycles. The predicted octanol–water partition coefficient (Wildman–Crippen LogP) is 6.73. The first-order chi connectivity index (χ1) is 8.66. The molecule has 0 amide bonds. The minimum absolute atomic E-state index is 1.24. The maximum absolute atomic E-state index is 2.58. The van der Waals surface area contributed by atoms with Crippen molar-refractivity contribution in [2.75, 3.05) is 0 Å². The van der Waals surface area contributed by atoms with E-state index in [2.05, 4.69) is 40.7 Å². The summed E-state index contributed by atoms with van der Waals surface area (Å²) in [6, 6.07) is 0. The van der Waals surface area contributed by atoms with Crippen LogP contribution in [0.3, 0.4) is 0 Å². The van der Waals surface area contributed by atoms with E-state index in [1.807, 2.05) is 3.59 Å². The number of hydrogen-bond donors (Lipinski definition) is 0. The molecule has 0 fully saturated rings. The van der Waals surface area contributed by atoms with Crippen molar-refractivity contribution in [1.29, 1.82) is 0 Å². The first-order valence-corrected chi connectivity index (χ1v) is 15.8. The zero-order valence-electron chi connectivity index (χ0n) is 13.6. The average molecular weight is 359 g/mol. The molecule has 0 bridgehead atoms. The molecule has 0 rings (SSSR count). The molecular weight excluding hydrogens is 323 g/mol. The van der Waals surface area contributed by atoms with Gasteiger partial charge in [-0.3, -0.25) is 0 Å². The van der Waals surface area contributed by atoms with Gasteiger partial charge in [-0.05, 0) is 0 Å². The Balaban J connectivity index is 4.90. The molecule has 0 aromatic heterocycles. The van der Waals surface area contributed by atoms with Gasteiger partial charge in [0.25, 0.3) is 0 Å². The van der Waals surface area contributed by atoms with Crippen LogP contribution in [0.1, 0.15) is 79.6 Å². The van der Waals surface area contributed by atoms with Gasteiger partial charge in [0, 0.05) is 0 Å². The van der Waals surface area contributed by atoms with Gasteiger partial charge in [-0.2, -0.15) is 0 Å². The minimum atomic E-state index is -1.97. The zero-order chi connectivity index (χ0) is 13.9. The topological polar surface area (TPSA) is 0 Å². The first-order valence-electron chi connectivity index (χ1n) is 8.34. The quantitative estimate of drug-likeness (QED) is 0.359. The molecule has 1 heteroatoms. The molecule has 0 aromatic rings. The van der Waals surface area contributed by atoms with Gasteiger partial charge in [-0.15, -0.1) is 0 Å². The van der Waals surface area contributed by atoms with Crippen LogP contribution in [-0.2, 0) is 0 Å². The van der Waals surface area contributed by atoms with Crippen LogP contribution in [0.25, 0.3) is 0 Å². The van der Waals surface area contributed by atoms with Crippen LogP contribution in [0.5, 0.6) is 0 Å². The van der Waals surface area contributed by atoms with Crippen molar-refractivity contribution < 1.29 is 0 Å². The molecule has 0 aromatic carbocycles. The summed E-state index contributed by atoms with van der Waals surface area (Å²) in [6.45, 7) is 11.9. The second-order valence-electron chi connectivity index (χ2n) is 5.89. The predicted molar refractivity (Wildman–Crippen MR) is 88.9 cm³/mol. The molecule has 0 radical (unpaired) electrons. The van der Waals surface area contributed by atoms with Crippen molar-refractivity contribution in [3.63, 3.8) is 0 Å². The number of unbranched alkanes of at least 4 members (excludes halogenated alkanes) is 3. The van der Waals surface area contributed by atoms with Crippen LogP contribution in [0.15, 0.2) is 9.67 Å². The Labute approximate surface area is 121 Å². The number of hydrogen-bond acceptors (Lipinski definition) is 0. The van der Waals surface area contributed by atoms with Gasteiger partial charge in [0.05, 0.1) is 0 Å². The van der Waals surface area contributed by atoms with Gasteiger partial charge in [0.2, 0.25) is 0 Å². The zero-order valence-corrected chi connectivity index (χ0v) is 16.5. The van der Waals surface area contributed by atoms with Gasteiger partial charge in [0.1, 0.15) is 0 Å². The van der Waals surface area contributed by atoms with E-state index < -0.39 is 18.4 Å². The molecule has 0 aliphatic carbocycles.